The number of para-hydroxylation sites is 2. The zero-order chi connectivity index (χ0) is 10.2. The normalized spacial score (nSPS) is 18.9. The maximum atomic E-state index is 11.5. The van der Waals surface area contributed by atoms with Crippen LogP contribution in [0.5, 0.6) is 5.75 Å². The van der Waals surface area contributed by atoms with Crippen molar-refractivity contribution in [2.45, 2.75) is 25.9 Å². The van der Waals surface area contributed by atoms with E-state index in [9.17, 15) is 4.79 Å². The van der Waals surface area contributed by atoms with Crippen molar-refractivity contribution in [3.8, 4) is 5.75 Å². The number of nitrogens with one attached hydrogen (secondary N) is 1. The highest BCUT2D eigenvalue weighted by atomic mass is 16.5. The van der Waals surface area contributed by atoms with Gasteiger partial charge in [-0.3, -0.25) is 4.79 Å². The van der Waals surface area contributed by atoms with Gasteiger partial charge in [0.1, 0.15) is 11.4 Å². The standard InChI is InChI=1S/C11H13NO2/c1-11(2)7-10(13)12-8-5-3-4-6-9(8)14-11/h3-6H,7H2,1-2H3,(H,12,13). The van der Waals surface area contributed by atoms with Gasteiger partial charge in [0.2, 0.25) is 5.91 Å². The number of anilines is 1. The predicted molar refractivity (Wildman–Crippen MR) is 54.4 cm³/mol. The molecule has 14 heavy (non-hydrogen) atoms. The van der Waals surface area contributed by atoms with Crippen LogP contribution in [-0.4, -0.2) is 11.5 Å². The Morgan fingerprint density at radius 1 is 1.36 bits per heavy atom. The van der Waals surface area contributed by atoms with Crippen molar-refractivity contribution in [3.05, 3.63) is 24.3 Å². The molecule has 0 atom stereocenters. The molecule has 1 aliphatic rings. The van der Waals surface area contributed by atoms with Gasteiger partial charge >= 0.3 is 0 Å². The average molecular weight is 191 g/mol. The first-order chi connectivity index (χ1) is 6.57. The van der Waals surface area contributed by atoms with Crippen LogP contribution in [-0.2, 0) is 4.79 Å². The number of rotatable bonds is 0. The fourth-order valence-electron chi connectivity index (χ4n) is 1.57. The van der Waals surface area contributed by atoms with Crippen molar-refractivity contribution in [2.24, 2.45) is 0 Å². The zero-order valence-electron chi connectivity index (χ0n) is 8.33. The Morgan fingerprint density at radius 3 is 2.86 bits per heavy atom. The molecule has 1 aromatic carbocycles. The van der Waals surface area contributed by atoms with Crippen LogP contribution in [0.3, 0.4) is 0 Å². The first kappa shape index (κ1) is 9.06. The van der Waals surface area contributed by atoms with Crippen molar-refractivity contribution in [2.75, 3.05) is 5.32 Å². The molecule has 0 saturated carbocycles. The van der Waals surface area contributed by atoms with Crippen LogP contribution in [0.25, 0.3) is 0 Å². The number of carbonyl (C=O) groups is 1. The summed E-state index contributed by atoms with van der Waals surface area (Å²) in [5, 5.41) is 2.81. The smallest absolute Gasteiger partial charge is 0.228 e. The number of fused-ring (bicyclic) bond motifs is 1. The van der Waals surface area contributed by atoms with Gasteiger partial charge in [0.05, 0.1) is 12.1 Å². The number of hydrogen-bond donors (Lipinski definition) is 1. The Hall–Kier alpha value is -1.51. The van der Waals surface area contributed by atoms with Crippen LogP contribution < -0.4 is 10.1 Å². The van der Waals surface area contributed by atoms with Gasteiger partial charge in [-0.1, -0.05) is 12.1 Å². The van der Waals surface area contributed by atoms with E-state index in [1.165, 1.54) is 0 Å². The fourth-order valence-corrected chi connectivity index (χ4v) is 1.57. The summed E-state index contributed by atoms with van der Waals surface area (Å²) in [5.74, 6) is 0.739. The second-order valence-corrected chi connectivity index (χ2v) is 4.08. The molecule has 1 aromatic rings. The summed E-state index contributed by atoms with van der Waals surface area (Å²) in [6, 6.07) is 7.48. The molecule has 0 aromatic heterocycles. The maximum Gasteiger partial charge on any atom is 0.228 e. The van der Waals surface area contributed by atoms with E-state index in [2.05, 4.69) is 5.32 Å². The summed E-state index contributed by atoms with van der Waals surface area (Å²) in [6.07, 6.45) is 0.377. The van der Waals surface area contributed by atoms with Crippen molar-refractivity contribution in [1.29, 1.82) is 0 Å². The summed E-state index contributed by atoms with van der Waals surface area (Å²) in [7, 11) is 0. The Kier molecular flexibility index (Phi) is 1.95. The summed E-state index contributed by atoms with van der Waals surface area (Å²) < 4.78 is 5.73. The molecule has 0 radical (unpaired) electrons. The molecule has 0 bridgehead atoms. The lowest BCUT2D eigenvalue weighted by Crippen LogP contribution is -2.30. The molecule has 0 unspecified atom stereocenters. The number of hydrogen-bond acceptors (Lipinski definition) is 2. The minimum absolute atomic E-state index is 0.0000463. The van der Waals surface area contributed by atoms with Crippen LogP contribution in [0.2, 0.25) is 0 Å². The molecular weight excluding hydrogens is 178 g/mol. The van der Waals surface area contributed by atoms with E-state index in [0.29, 0.717) is 6.42 Å². The van der Waals surface area contributed by atoms with E-state index in [4.69, 9.17) is 4.74 Å². The summed E-state index contributed by atoms with van der Waals surface area (Å²) in [4.78, 5) is 11.5. The van der Waals surface area contributed by atoms with Crippen LogP contribution >= 0.6 is 0 Å². The molecule has 0 fully saturated rings. The van der Waals surface area contributed by atoms with Crippen molar-refractivity contribution in [3.63, 3.8) is 0 Å². The van der Waals surface area contributed by atoms with Gasteiger partial charge in [0, 0.05) is 0 Å². The molecule has 0 aliphatic carbocycles. The van der Waals surface area contributed by atoms with Crippen LogP contribution in [0.1, 0.15) is 20.3 Å². The van der Waals surface area contributed by atoms with Gasteiger partial charge in [-0.25, -0.2) is 0 Å². The van der Waals surface area contributed by atoms with Gasteiger partial charge in [-0.2, -0.15) is 0 Å². The number of benzene rings is 1. The van der Waals surface area contributed by atoms with Gasteiger partial charge in [-0.15, -0.1) is 0 Å². The van der Waals surface area contributed by atoms with E-state index in [1.807, 2.05) is 38.1 Å². The lowest BCUT2D eigenvalue weighted by atomic mass is 10.1. The van der Waals surface area contributed by atoms with E-state index in [0.717, 1.165) is 11.4 Å². The largest absolute Gasteiger partial charge is 0.485 e. The summed E-state index contributed by atoms with van der Waals surface area (Å²) in [6.45, 7) is 3.82. The van der Waals surface area contributed by atoms with Crippen LogP contribution in [0.15, 0.2) is 24.3 Å². The molecule has 2 rings (SSSR count). The van der Waals surface area contributed by atoms with Crippen molar-refractivity contribution >= 4 is 11.6 Å². The van der Waals surface area contributed by atoms with E-state index >= 15 is 0 Å². The van der Waals surface area contributed by atoms with Crippen molar-refractivity contribution in [1.82, 2.24) is 0 Å². The van der Waals surface area contributed by atoms with E-state index in [1.54, 1.807) is 0 Å². The molecule has 0 spiro atoms. The van der Waals surface area contributed by atoms with Gasteiger partial charge in [-0.05, 0) is 26.0 Å². The highest BCUT2D eigenvalue weighted by molar-refractivity contribution is 5.93. The van der Waals surface area contributed by atoms with Gasteiger partial charge in [0.15, 0.2) is 0 Å². The third-order valence-electron chi connectivity index (χ3n) is 2.13. The minimum Gasteiger partial charge on any atom is -0.485 e. The number of ether oxygens (including phenoxy) is 1. The van der Waals surface area contributed by atoms with E-state index < -0.39 is 5.60 Å². The molecule has 1 amide bonds. The molecule has 0 saturated heterocycles. The Balaban J connectivity index is 2.42. The Labute approximate surface area is 83.1 Å². The summed E-state index contributed by atoms with van der Waals surface area (Å²) >= 11 is 0. The van der Waals surface area contributed by atoms with Crippen molar-refractivity contribution < 1.29 is 9.53 Å². The Bertz CT molecular complexity index is 371. The molecule has 3 nitrogen and oxygen atoms in total. The summed E-state index contributed by atoms with van der Waals surface area (Å²) in [5.41, 5.74) is 0.319. The SMILES string of the molecule is CC1(C)CC(=O)Nc2ccccc2O1. The highest BCUT2D eigenvalue weighted by Crippen LogP contribution is 2.32. The highest BCUT2D eigenvalue weighted by Gasteiger charge is 2.28. The Morgan fingerprint density at radius 2 is 2.07 bits per heavy atom. The lowest BCUT2D eigenvalue weighted by Gasteiger charge is -2.22. The molecule has 1 heterocycles. The third-order valence-corrected chi connectivity index (χ3v) is 2.13. The van der Waals surface area contributed by atoms with Gasteiger partial charge < -0.3 is 10.1 Å². The molecule has 1 aliphatic heterocycles. The van der Waals surface area contributed by atoms with Crippen LogP contribution in [0, 0.1) is 0 Å². The lowest BCUT2D eigenvalue weighted by molar-refractivity contribution is -0.118. The second kappa shape index (κ2) is 3.01. The first-order valence-corrected chi connectivity index (χ1v) is 4.65. The maximum absolute atomic E-state index is 11.5. The monoisotopic (exact) mass is 191 g/mol. The fraction of sp³-hybridized carbons (Fsp3) is 0.364. The molecular formula is C11H13NO2. The predicted octanol–water partition coefficient (Wildman–Crippen LogP) is 2.19. The average Bonchev–Trinajstić information content (AvgIpc) is 2.16. The third kappa shape index (κ3) is 1.71. The van der Waals surface area contributed by atoms with Crippen LogP contribution in [0.4, 0.5) is 5.69 Å². The van der Waals surface area contributed by atoms with E-state index in [-0.39, 0.29) is 5.91 Å². The second-order valence-electron chi connectivity index (χ2n) is 4.08. The quantitative estimate of drug-likeness (QED) is 0.682. The zero-order valence-corrected chi connectivity index (χ0v) is 8.33. The molecule has 1 N–H and O–H groups in total. The minimum atomic E-state index is -0.434. The number of carbonyl (C=O) groups excluding carboxylic acids is 1. The molecule has 3 heteroatoms. The first-order valence-electron chi connectivity index (χ1n) is 4.65. The van der Waals surface area contributed by atoms with Gasteiger partial charge in [0.25, 0.3) is 0 Å². The molecule has 74 valence electrons. The topological polar surface area (TPSA) is 38.3 Å². The number of amides is 1.